The molecule has 4 fully saturated rings. The molecule has 10 atom stereocenters. The standard InChI is InChI=1S/C32H55ClO5/c1-27(2,36)13-9-14-32(8,37)20-10-16-31(7)26(20)21(38-25(35)19-33)18-23-29(5)15-12-24(34)28(3,4)22(29)11-17-30(23,31)6/h20-24,26,34,36-37H,9-19H2,1-8H3/t20-,21+,22-,23+,24-,26-,29-,30+,31+,32+/m0/s1. The first kappa shape index (κ1) is 30.6. The molecule has 0 radical (unpaired) electrons. The SMILES string of the molecule is CC(C)(O)CCC[C@@](C)(O)[C@H]1CC[C@]2(C)[C@@H]1[C@H](OC(=O)CCl)C[C@@H]1[C@@]3(C)CC[C@H](O)C(C)(C)[C@@H]3CC[C@]12C. The second-order valence-corrected chi connectivity index (χ2v) is 16.2. The first-order chi connectivity index (χ1) is 17.3. The molecule has 0 aromatic rings. The van der Waals surface area contributed by atoms with Crippen molar-refractivity contribution in [2.24, 2.45) is 45.3 Å². The van der Waals surface area contributed by atoms with Gasteiger partial charge >= 0.3 is 5.97 Å². The summed E-state index contributed by atoms with van der Waals surface area (Å²) in [7, 11) is 0. The van der Waals surface area contributed by atoms with E-state index in [1.165, 1.54) is 0 Å². The zero-order valence-corrected chi connectivity index (χ0v) is 26.0. The van der Waals surface area contributed by atoms with Crippen molar-refractivity contribution in [1.82, 2.24) is 0 Å². The molecule has 38 heavy (non-hydrogen) atoms. The Morgan fingerprint density at radius 3 is 2.16 bits per heavy atom. The van der Waals surface area contributed by atoms with Gasteiger partial charge in [0.05, 0.1) is 17.3 Å². The van der Waals surface area contributed by atoms with Gasteiger partial charge in [-0.2, -0.15) is 0 Å². The van der Waals surface area contributed by atoms with Crippen molar-refractivity contribution in [3.63, 3.8) is 0 Å². The van der Waals surface area contributed by atoms with E-state index in [0.29, 0.717) is 24.7 Å². The first-order valence-electron chi connectivity index (χ1n) is 15.2. The molecular formula is C32H55ClO5. The zero-order chi connectivity index (χ0) is 28.5. The van der Waals surface area contributed by atoms with E-state index < -0.39 is 11.2 Å². The van der Waals surface area contributed by atoms with E-state index in [2.05, 4.69) is 34.6 Å². The van der Waals surface area contributed by atoms with E-state index in [4.69, 9.17) is 16.3 Å². The Bertz CT molecular complexity index is 895. The van der Waals surface area contributed by atoms with Crippen molar-refractivity contribution >= 4 is 17.6 Å². The van der Waals surface area contributed by atoms with E-state index in [0.717, 1.165) is 51.4 Å². The summed E-state index contributed by atoms with van der Waals surface area (Å²) in [6.45, 7) is 17.5. The monoisotopic (exact) mass is 554 g/mol. The van der Waals surface area contributed by atoms with Gasteiger partial charge in [-0.05, 0) is 124 Å². The number of halogens is 1. The van der Waals surface area contributed by atoms with Gasteiger partial charge in [0.2, 0.25) is 0 Å². The summed E-state index contributed by atoms with van der Waals surface area (Å²) in [5, 5.41) is 33.1. The van der Waals surface area contributed by atoms with Gasteiger partial charge in [-0.25, -0.2) is 0 Å². The normalized spacial score (nSPS) is 45.9. The molecule has 5 nitrogen and oxygen atoms in total. The van der Waals surface area contributed by atoms with E-state index >= 15 is 0 Å². The van der Waals surface area contributed by atoms with E-state index in [1.807, 2.05) is 20.8 Å². The van der Waals surface area contributed by atoms with Crippen LogP contribution in [0.15, 0.2) is 0 Å². The Kier molecular flexibility index (Phi) is 7.95. The second kappa shape index (κ2) is 9.88. The minimum Gasteiger partial charge on any atom is -0.461 e. The molecule has 0 aromatic heterocycles. The van der Waals surface area contributed by atoms with Gasteiger partial charge in [-0.1, -0.05) is 34.6 Å². The third kappa shape index (κ3) is 4.77. The average molecular weight is 555 g/mol. The van der Waals surface area contributed by atoms with Gasteiger partial charge in [0.1, 0.15) is 12.0 Å². The highest BCUT2D eigenvalue weighted by atomic mass is 35.5. The van der Waals surface area contributed by atoms with Crippen LogP contribution < -0.4 is 0 Å². The molecule has 0 amide bonds. The van der Waals surface area contributed by atoms with Crippen molar-refractivity contribution in [2.75, 3.05) is 5.88 Å². The van der Waals surface area contributed by atoms with E-state index in [9.17, 15) is 20.1 Å². The third-order valence-corrected chi connectivity index (χ3v) is 13.2. The lowest BCUT2D eigenvalue weighted by Crippen LogP contribution is -2.67. The second-order valence-electron chi connectivity index (χ2n) is 16.0. The summed E-state index contributed by atoms with van der Waals surface area (Å²) in [6.07, 6.45) is 8.21. The smallest absolute Gasteiger partial charge is 0.321 e. The molecule has 0 unspecified atom stereocenters. The van der Waals surface area contributed by atoms with Crippen LogP contribution in [0.1, 0.15) is 120 Å². The molecule has 0 aromatic carbocycles. The zero-order valence-electron chi connectivity index (χ0n) is 25.3. The number of esters is 1. The maximum absolute atomic E-state index is 12.7. The van der Waals surface area contributed by atoms with Crippen LogP contribution in [0.4, 0.5) is 0 Å². The van der Waals surface area contributed by atoms with Crippen LogP contribution in [-0.4, -0.2) is 50.6 Å². The minimum absolute atomic E-state index is 0.0235. The summed E-state index contributed by atoms with van der Waals surface area (Å²) in [5.74, 6) is 0.350. The number of aliphatic hydroxyl groups excluding tert-OH is 1. The summed E-state index contributed by atoms with van der Waals surface area (Å²) in [4.78, 5) is 12.7. The Labute approximate surface area is 236 Å². The molecule has 6 heteroatoms. The average Bonchev–Trinajstić information content (AvgIpc) is 3.17. The third-order valence-electron chi connectivity index (χ3n) is 13.0. The fraction of sp³-hybridized carbons (Fsp3) is 0.969. The minimum atomic E-state index is -0.902. The van der Waals surface area contributed by atoms with Crippen LogP contribution in [-0.2, 0) is 9.53 Å². The quantitative estimate of drug-likeness (QED) is 0.247. The molecule has 220 valence electrons. The number of hydrogen-bond donors (Lipinski definition) is 3. The molecule has 0 saturated heterocycles. The van der Waals surface area contributed by atoms with Gasteiger partial charge < -0.3 is 20.1 Å². The Hall–Kier alpha value is -0.360. The van der Waals surface area contributed by atoms with Crippen molar-refractivity contribution in [3.05, 3.63) is 0 Å². The fourth-order valence-corrected chi connectivity index (χ4v) is 10.9. The first-order valence-corrected chi connectivity index (χ1v) is 15.8. The summed E-state index contributed by atoms with van der Waals surface area (Å²) in [5.41, 5.74) is -1.76. The summed E-state index contributed by atoms with van der Waals surface area (Å²) in [6, 6.07) is 0. The highest BCUT2D eigenvalue weighted by Gasteiger charge is 2.72. The number of alkyl halides is 1. The van der Waals surface area contributed by atoms with Crippen LogP contribution in [0.25, 0.3) is 0 Å². The number of aliphatic hydroxyl groups is 3. The highest BCUT2D eigenvalue weighted by molar-refractivity contribution is 6.26. The van der Waals surface area contributed by atoms with Crippen LogP contribution in [0, 0.1) is 45.3 Å². The molecule has 3 N–H and O–H groups in total. The van der Waals surface area contributed by atoms with Crippen LogP contribution in [0.3, 0.4) is 0 Å². The number of rotatable bonds is 7. The molecule has 4 aliphatic carbocycles. The fourth-order valence-electron chi connectivity index (χ4n) is 10.8. The topological polar surface area (TPSA) is 87.0 Å². The Morgan fingerprint density at radius 2 is 1.55 bits per heavy atom. The molecule has 0 heterocycles. The molecule has 0 aliphatic heterocycles. The van der Waals surface area contributed by atoms with Gasteiger partial charge in [0.15, 0.2) is 0 Å². The van der Waals surface area contributed by atoms with Crippen LogP contribution in [0.2, 0.25) is 0 Å². The van der Waals surface area contributed by atoms with Gasteiger partial charge in [-0.15, -0.1) is 11.6 Å². The van der Waals surface area contributed by atoms with E-state index in [-0.39, 0.29) is 57.6 Å². The lowest BCUT2D eigenvalue weighted by Gasteiger charge is -2.70. The van der Waals surface area contributed by atoms with Crippen LogP contribution >= 0.6 is 11.6 Å². The lowest BCUT2D eigenvalue weighted by molar-refractivity contribution is -0.250. The molecule has 0 spiro atoms. The number of carbonyl (C=O) groups excluding carboxylic acids is 1. The molecule has 4 saturated carbocycles. The molecule has 4 rings (SSSR count). The van der Waals surface area contributed by atoms with Gasteiger partial charge in [0, 0.05) is 5.92 Å². The largest absolute Gasteiger partial charge is 0.461 e. The maximum Gasteiger partial charge on any atom is 0.321 e. The summed E-state index contributed by atoms with van der Waals surface area (Å²) >= 11 is 5.97. The van der Waals surface area contributed by atoms with Gasteiger partial charge in [0.25, 0.3) is 0 Å². The molecule has 0 bridgehead atoms. The number of ether oxygens (including phenoxy) is 1. The highest BCUT2D eigenvalue weighted by Crippen LogP contribution is 2.76. The van der Waals surface area contributed by atoms with Crippen molar-refractivity contribution in [1.29, 1.82) is 0 Å². The predicted octanol–water partition coefficient (Wildman–Crippen LogP) is 6.49. The van der Waals surface area contributed by atoms with E-state index in [1.54, 1.807) is 0 Å². The van der Waals surface area contributed by atoms with Crippen molar-refractivity contribution in [2.45, 2.75) is 143 Å². The van der Waals surface area contributed by atoms with Gasteiger partial charge in [-0.3, -0.25) is 4.79 Å². The number of fused-ring (bicyclic) bond motifs is 5. The predicted molar refractivity (Wildman–Crippen MR) is 152 cm³/mol. The maximum atomic E-state index is 12.7. The molecule has 4 aliphatic rings. The Balaban J connectivity index is 1.72. The Morgan fingerprint density at radius 1 is 0.921 bits per heavy atom. The lowest BCUT2D eigenvalue weighted by atomic mass is 9.35. The number of carbonyl (C=O) groups is 1. The van der Waals surface area contributed by atoms with Crippen molar-refractivity contribution in [3.8, 4) is 0 Å². The van der Waals surface area contributed by atoms with Crippen molar-refractivity contribution < 1.29 is 24.9 Å². The number of hydrogen-bond acceptors (Lipinski definition) is 5. The molecular weight excluding hydrogens is 500 g/mol. The van der Waals surface area contributed by atoms with Crippen LogP contribution in [0.5, 0.6) is 0 Å². The summed E-state index contributed by atoms with van der Waals surface area (Å²) < 4.78 is 6.22.